The highest BCUT2D eigenvalue weighted by Gasteiger charge is 2.16. The minimum Gasteiger partial charge on any atom is -0.487 e. The van der Waals surface area contributed by atoms with Crippen molar-refractivity contribution in [3.05, 3.63) is 83.9 Å². The molecule has 0 saturated carbocycles. The Morgan fingerprint density at radius 1 is 0.659 bits per heavy atom. The maximum atomic E-state index is 13.1. The first-order valence-corrected chi connectivity index (χ1v) is 15.9. The summed E-state index contributed by atoms with van der Waals surface area (Å²) in [5.74, 6) is 0.718. The van der Waals surface area contributed by atoms with Crippen molar-refractivity contribution in [3.8, 4) is 22.6 Å². The number of carbonyl (C=O) groups is 1. The first kappa shape index (κ1) is 32.4. The molecule has 222 valence electrons. The molecule has 3 rings (SSSR count). The third-order valence-corrected chi connectivity index (χ3v) is 7.54. The maximum Gasteiger partial charge on any atom is 0.343 e. The lowest BCUT2D eigenvalue weighted by atomic mass is 10.0. The van der Waals surface area contributed by atoms with Crippen LogP contribution >= 0.6 is 0 Å². The molecule has 0 bridgehead atoms. The summed E-state index contributed by atoms with van der Waals surface area (Å²) >= 11 is 0. The lowest BCUT2D eigenvalue weighted by molar-refractivity contribution is 0.0637. The first-order chi connectivity index (χ1) is 20.0. The Bertz CT molecular complexity index is 1140. The highest BCUT2D eigenvalue weighted by atomic mass is 16.6. The van der Waals surface area contributed by atoms with Crippen LogP contribution < -0.4 is 9.47 Å². The summed E-state index contributed by atoms with van der Waals surface area (Å²) in [4.78, 5) is 13.1. The summed E-state index contributed by atoms with van der Waals surface area (Å²) in [7, 11) is 0. The minimum absolute atomic E-state index is 0.0763. The molecule has 3 aromatic rings. The van der Waals surface area contributed by atoms with Crippen molar-refractivity contribution in [1.29, 1.82) is 0 Å². The van der Waals surface area contributed by atoms with Gasteiger partial charge in [0, 0.05) is 6.61 Å². The van der Waals surface area contributed by atoms with E-state index >= 15 is 0 Å². The average Bonchev–Trinajstić information content (AvgIpc) is 3.00. The molecule has 0 radical (unpaired) electrons. The summed E-state index contributed by atoms with van der Waals surface area (Å²) in [5, 5.41) is 0. The number of para-hydroxylation sites is 2. The largest absolute Gasteiger partial charge is 0.487 e. The van der Waals surface area contributed by atoms with E-state index in [1.807, 2.05) is 48.5 Å². The SMILES string of the molecule is CCCCCCCCC(CCC)Oc1ccccc1OC(=O)c1ccc(-c2ccc(C(C)OCCCC)cc2)cc1. The summed E-state index contributed by atoms with van der Waals surface area (Å²) in [6.07, 6.45) is 13.1. The molecule has 0 fully saturated rings. The lowest BCUT2D eigenvalue weighted by Gasteiger charge is -2.20. The zero-order valence-electron chi connectivity index (χ0n) is 25.7. The van der Waals surface area contributed by atoms with Crippen LogP contribution in [0.2, 0.25) is 0 Å². The summed E-state index contributed by atoms with van der Waals surface area (Å²) in [5.41, 5.74) is 3.82. The van der Waals surface area contributed by atoms with E-state index in [2.05, 4.69) is 52.0 Å². The fourth-order valence-electron chi connectivity index (χ4n) is 4.95. The van der Waals surface area contributed by atoms with Crippen LogP contribution in [0.3, 0.4) is 0 Å². The van der Waals surface area contributed by atoms with Crippen LogP contribution in [0.15, 0.2) is 72.8 Å². The van der Waals surface area contributed by atoms with E-state index in [4.69, 9.17) is 14.2 Å². The fourth-order valence-corrected chi connectivity index (χ4v) is 4.95. The van der Waals surface area contributed by atoms with Crippen molar-refractivity contribution in [1.82, 2.24) is 0 Å². The van der Waals surface area contributed by atoms with Gasteiger partial charge in [-0.15, -0.1) is 0 Å². The Morgan fingerprint density at radius 3 is 1.93 bits per heavy atom. The molecule has 2 unspecified atom stereocenters. The van der Waals surface area contributed by atoms with Crippen LogP contribution in [0.25, 0.3) is 11.1 Å². The summed E-state index contributed by atoms with van der Waals surface area (Å²) < 4.78 is 18.1. The van der Waals surface area contributed by atoms with E-state index in [9.17, 15) is 4.79 Å². The van der Waals surface area contributed by atoms with E-state index in [1.165, 1.54) is 37.7 Å². The van der Waals surface area contributed by atoms with Gasteiger partial charge in [-0.05, 0) is 73.6 Å². The zero-order chi connectivity index (χ0) is 29.3. The van der Waals surface area contributed by atoms with Crippen molar-refractivity contribution >= 4 is 5.97 Å². The van der Waals surface area contributed by atoms with Crippen molar-refractivity contribution < 1.29 is 19.0 Å². The van der Waals surface area contributed by atoms with Crippen molar-refractivity contribution in [3.63, 3.8) is 0 Å². The number of hydrogen-bond donors (Lipinski definition) is 0. The lowest BCUT2D eigenvalue weighted by Crippen LogP contribution is -2.17. The fraction of sp³-hybridized carbons (Fsp3) is 0.486. The first-order valence-electron chi connectivity index (χ1n) is 15.9. The van der Waals surface area contributed by atoms with Gasteiger partial charge in [-0.2, -0.15) is 0 Å². The third kappa shape index (κ3) is 11.0. The molecule has 0 amide bonds. The van der Waals surface area contributed by atoms with Gasteiger partial charge in [-0.25, -0.2) is 4.79 Å². The predicted molar refractivity (Wildman–Crippen MR) is 170 cm³/mol. The van der Waals surface area contributed by atoms with Gasteiger partial charge in [0.25, 0.3) is 0 Å². The number of esters is 1. The van der Waals surface area contributed by atoms with E-state index < -0.39 is 0 Å². The maximum absolute atomic E-state index is 13.1. The Morgan fingerprint density at radius 2 is 1.27 bits per heavy atom. The van der Waals surface area contributed by atoms with Gasteiger partial charge in [0.2, 0.25) is 0 Å². The molecule has 0 N–H and O–H groups in total. The topological polar surface area (TPSA) is 44.8 Å². The second-order valence-corrected chi connectivity index (χ2v) is 11.0. The van der Waals surface area contributed by atoms with E-state index in [0.29, 0.717) is 17.1 Å². The Labute approximate surface area is 248 Å². The van der Waals surface area contributed by atoms with Crippen molar-refractivity contribution in [2.45, 2.75) is 111 Å². The molecule has 3 aromatic carbocycles. The van der Waals surface area contributed by atoms with Crippen LogP contribution in [-0.4, -0.2) is 18.7 Å². The number of carbonyl (C=O) groups excluding carboxylic acids is 1. The van der Waals surface area contributed by atoms with Crippen LogP contribution in [0.1, 0.15) is 120 Å². The van der Waals surface area contributed by atoms with Gasteiger partial charge >= 0.3 is 5.97 Å². The van der Waals surface area contributed by atoms with Crippen molar-refractivity contribution in [2.75, 3.05) is 6.61 Å². The molecule has 2 atom stereocenters. The quantitative estimate of drug-likeness (QED) is 0.0834. The van der Waals surface area contributed by atoms with E-state index in [1.54, 1.807) is 0 Å². The zero-order valence-corrected chi connectivity index (χ0v) is 25.7. The molecular formula is C37H50O4. The molecular weight excluding hydrogens is 508 g/mol. The monoisotopic (exact) mass is 558 g/mol. The normalized spacial score (nSPS) is 12.6. The van der Waals surface area contributed by atoms with Crippen LogP contribution in [0.4, 0.5) is 0 Å². The Balaban J connectivity index is 1.58. The second kappa shape index (κ2) is 18.3. The number of rotatable bonds is 19. The molecule has 0 aliphatic carbocycles. The summed E-state index contributed by atoms with van der Waals surface area (Å²) in [6.45, 7) is 9.48. The summed E-state index contributed by atoms with van der Waals surface area (Å²) in [6, 6.07) is 23.5. The average molecular weight is 559 g/mol. The van der Waals surface area contributed by atoms with E-state index in [0.717, 1.165) is 56.3 Å². The molecule has 0 aliphatic heterocycles. The third-order valence-electron chi connectivity index (χ3n) is 7.54. The Hall–Kier alpha value is -3.11. The van der Waals surface area contributed by atoms with Gasteiger partial charge in [-0.3, -0.25) is 0 Å². The molecule has 0 aromatic heterocycles. The standard InChI is InChI=1S/C37H50O4/c1-5-8-10-11-12-13-17-34(16-7-3)40-35-18-14-15-19-36(35)41-37(38)33-26-24-32(25-27-33)31-22-20-30(21-23-31)29(4)39-28-9-6-2/h14-15,18-27,29,34H,5-13,16-17,28H2,1-4H3. The predicted octanol–water partition coefficient (Wildman–Crippen LogP) is 10.7. The molecule has 0 spiro atoms. The van der Waals surface area contributed by atoms with Crippen LogP contribution in [-0.2, 0) is 4.74 Å². The highest BCUT2D eigenvalue weighted by Crippen LogP contribution is 2.31. The van der Waals surface area contributed by atoms with Crippen LogP contribution in [0, 0.1) is 0 Å². The molecule has 41 heavy (non-hydrogen) atoms. The smallest absolute Gasteiger partial charge is 0.343 e. The number of unbranched alkanes of at least 4 members (excludes halogenated alkanes) is 6. The number of hydrogen-bond acceptors (Lipinski definition) is 4. The minimum atomic E-state index is -0.385. The number of benzene rings is 3. The number of ether oxygens (including phenoxy) is 3. The van der Waals surface area contributed by atoms with Crippen molar-refractivity contribution in [2.24, 2.45) is 0 Å². The van der Waals surface area contributed by atoms with Gasteiger partial charge in [0.15, 0.2) is 11.5 Å². The van der Waals surface area contributed by atoms with Gasteiger partial charge in [0.05, 0.1) is 17.8 Å². The highest BCUT2D eigenvalue weighted by molar-refractivity contribution is 5.92. The van der Waals surface area contributed by atoms with E-state index in [-0.39, 0.29) is 18.2 Å². The molecule has 0 aliphatic rings. The molecule has 4 nitrogen and oxygen atoms in total. The Kier molecular flexibility index (Phi) is 14.5. The van der Waals surface area contributed by atoms with Gasteiger partial charge in [-0.1, -0.05) is 114 Å². The molecule has 0 heterocycles. The van der Waals surface area contributed by atoms with Gasteiger partial charge in [0.1, 0.15) is 0 Å². The van der Waals surface area contributed by atoms with Crippen LogP contribution in [0.5, 0.6) is 11.5 Å². The molecule has 0 saturated heterocycles. The second-order valence-electron chi connectivity index (χ2n) is 11.0. The molecule has 4 heteroatoms. The van der Waals surface area contributed by atoms with Gasteiger partial charge < -0.3 is 14.2 Å².